The first-order chi connectivity index (χ1) is 13.1. The number of carbonyl (C=O) groups excluding carboxylic acids is 1. The maximum Gasteiger partial charge on any atom is 0.277 e. The van der Waals surface area contributed by atoms with Crippen LogP contribution in [0.15, 0.2) is 62.6 Å². The third kappa shape index (κ3) is 5.11. The Hall–Kier alpha value is -2.32. The quantitative estimate of drug-likeness (QED) is 0.504. The van der Waals surface area contributed by atoms with Gasteiger partial charge in [0.2, 0.25) is 11.8 Å². The number of para-hydroxylation sites is 1. The van der Waals surface area contributed by atoms with Gasteiger partial charge < -0.3 is 14.1 Å². The number of aromatic nitrogens is 2. The van der Waals surface area contributed by atoms with Crippen molar-refractivity contribution in [3.05, 3.63) is 58.6 Å². The van der Waals surface area contributed by atoms with Crippen LogP contribution in [0.4, 0.5) is 0 Å². The molecule has 3 aromatic rings. The second kappa shape index (κ2) is 9.05. The molecule has 3 rings (SSSR count). The zero-order valence-corrected chi connectivity index (χ0v) is 17.3. The van der Waals surface area contributed by atoms with Crippen LogP contribution in [0.25, 0.3) is 11.5 Å². The smallest absolute Gasteiger partial charge is 0.277 e. The predicted octanol–water partition coefficient (Wildman–Crippen LogP) is 4.26. The molecule has 0 bridgehead atoms. The fourth-order valence-corrected chi connectivity index (χ4v) is 3.52. The molecule has 0 fully saturated rings. The summed E-state index contributed by atoms with van der Waals surface area (Å²) in [6, 6.07) is 15.2. The van der Waals surface area contributed by atoms with Gasteiger partial charge in [0.25, 0.3) is 5.22 Å². The van der Waals surface area contributed by atoms with E-state index in [1.807, 2.05) is 48.5 Å². The summed E-state index contributed by atoms with van der Waals surface area (Å²) in [5.74, 6) is 1.37. The van der Waals surface area contributed by atoms with Gasteiger partial charge >= 0.3 is 0 Å². The highest BCUT2D eigenvalue weighted by atomic mass is 79.9. The molecule has 0 aliphatic heterocycles. The van der Waals surface area contributed by atoms with E-state index in [0.29, 0.717) is 17.7 Å². The Morgan fingerprint density at radius 1 is 1.22 bits per heavy atom. The summed E-state index contributed by atoms with van der Waals surface area (Å²) < 4.78 is 11.9. The minimum absolute atomic E-state index is 0.0342. The van der Waals surface area contributed by atoms with E-state index in [1.54, 1.807) is 19.1 Å². The molecule has 2 aromatic carbocycles. The van der Waals surface area contributed by atoms with Crippen LogP contribution in [-0.4, -0.2) is 40.9 Å². The number of amides is 1. The summed E-state index contributed by atoms with van der Waals surface area (Å²) >= 11 is 4.64. The number of nitrogens with zero attached hydrogens (tertiary/aromatic N) is 3. The summed E-state index contributed by atoms with van der Waals surface area (Å²) in [6.07, 6.45) is 0. The molecule has 1 heterocycles. The van der Waals surface area contributed by atoms with Gasteiger partial charge in [0.05, 0.1) is 12.9 Å². The maximum absolute atomic E-state index is 12.4. The Morgan fingerprint density at radius 2 is 2.04 bits per heavy atom. The van der Waals surface area contributed by atoms with E-state index >= 15 is 0 Å². The van der Waals surface area contributed by atoms with Crippen molar-refractivity contribution in [3.63, 3.8) is 0 Å². The van der Waals surface area contributed by atoms with Gasteiger partial charge in [-0.2, -0.15) is 0 Å². The summed E-state index contributed by atoms with van der Waals surface area (Å²) in [4.78, 5) is 14.1. The number of hydrogen-bond donors (Lipinski definition) is 0. The zero-order chi connectivity index (χ0) is 19.2. The van der Waals surface area contributed by atoms with Crippen molar-refractivity contribution in [1.82, 2.24) is 15.1 Å². The highest BCUT2D eigenvalue weighted by Gasteiger charge is 2.15. The number of hydrogen-bond acceptors (Lipinski definition) is 6. The van der Waals surface area contributed by atoms with E-state index in [0.717, 1.165) is 21.3 Å². The molecular weight excluding hydrogens is 430 g/mol. The van der Waals surface area contributed by atoms with Crippen molar-refractivity contribution in [1.29, 1.82) is 0 Å². The second-order valence-corrected chi connectivity index (χ2v) is 7.58. The summed E-state index contributed by atoms with van der Waals surface area (Å²) in [6.45, 7) is 0.469. The first-order valence-electron chi connectivity index (χ1n) is 8.15. The van der Waals surface area contributed by atoms with Gasteiger partial charge in [0.1, 0.15) is 5.75 Å². The highest BCUT2D eigenvalue weighted by Crippen LogP contribution is 2.25. The number of carbonyl (C=O) groups is 1. The molecule has 0 aliphatic rings. The molecule has 0 atom stereocenters. The Balaban J connectivity index is 1.57. The SMILES string of the molecule is COc1ccccc1CN(C)C(=O)CSc1nnc(-c2cccc(Br)c2)o1. The van der Waals surface area contributed by atoms with Gasteiger partial charge in [-0.3, -0.25) is 4.79 Å². The Bertz CT molecular complexity index is 932. The number of rotatable bonds is 7. The van der Waals surface area contributed by atoms with E-state index in [4.69, 9.17) is 9.15 Å². The lowest BCUT2D eigenvalue weighted by Gasteiger charge is -2.18. The molecule has 0 saturated heterocycles. The lowest BCUT2D eigenvalue weighted by molar-refractivity contribution is -0.127. The third-order valence-electron chi connectivity index (χ3n) is 3.82. The summed E-state index contributed by atoms with van der Waals surface area (Å²) in [7, 11) is 3.38. The first-order valence-corrected chi connectivity index (χ1v) is 9.93. The number of benzene rings is 2. The fourth-order valence-electron chi connectivity index (χ4n) is 2.42. The van der Waals surface area contributed by atoms with Crippen LogP contribution in [0, 0.1) is 0 Å². The monoisotopic (exact) mass is 447 g/mol. The largest absolute Gasteiger partial charge is 0.496 e. The molecule has 0 unspecified atom stereocenters. The average Bonchev–Trinajstić information content (AvgIpc) is 3.15. The zero-order valence-electron chi connectivity index (χ0n) is 14.9. The molecule has 27 heavy (non-hydrogen) atoms. The number of thioether (sulfide) groups is 1. The topological polar surface area (TPSA) is 68.5 Å². The van der Waals surface area contributed by atoms with Gasteiger partial charge in [-0.25, -0.2) is 0 Å². The van der Waals surface area contributed by atoms with Crippen LogP contribution in [-0.2, 0) is 11.3 Å². The van der Waals surface area contributed by atoms with Crippen LogP contribution in [0.1, 0.15) is 5.56 Å². The fraction of sp³-hybridized carbons (Fsp3) is 0.211. The number of halogens is 1. The molecule has 8 heteroatoms. The third-order valence-corrected chi connectivity index (χ3v) is 5.12. The van der Waals surface area contributed by atoms with Crippen LogP contribution in [0.5, 0.6) is 5.75 Å². The molecule has 140 valence electrons. The van der Waals surface area contributed by atoms with Gasteiger partial charge in [0, 0.05) is 29.2 Å². The predicted molar refractivity (Wildman–Crippen MR) is 108 cm³/mol. The molecule has 1 aromatic heterocycles. The van der Waals surface area contributed by atoms with Crippen molar-refractivity contribution in [2.75, 3.05) is 19.9 Å². The molecule has 0 aliphatic carbocycles. The standard InChI is InChI=1S/C19H18BrN3O3S/c1-23(11-14-6-3-4-9-16(14)25-2)17(24)12-27-19-22-21-18(26-19)13-7-5-8-15(20)10-13/h3-10H,11-12H2,1-2H3. The second-order valence-electron chi connectivity index (χ2n) is 5.73. The van der Waals surface area contributed by atoms with E-state index in [9.17, 15) is 4.79 Å². The van der Waals surface area contributed by atoms with Crippen molar-refractivity contribution in [2.24, 2.45) is 0 Å². The summed E-state index contributed by atoms with van der Waals surface area (Å²) in [5.41, 5.74) is 1.78. The molecule has 0 radical (unpaired) electrons. The van der Waals surface area contributed by atoms with Crippen molar-refractivity contribution >= 4 is 33.6 Å². The molecule has 6 nitrogen and oxygen atoms in total. The van der Waals surface area contributed by atoms with Crippen molar-refractivity contribution in [2.45, 2.75) is 11.8 Å². The van der Waals surface area contributed by atoms with E-state index < -0.39 is 0 Å². The number of ether oxygens (including phenoxy) is 1. The van der Waals surface area contributed by atoms with Gasteiger partial charge in [-0.05, 0) is 24.3 Å². The molecule has 0 saturated carbocycles. The van der Waals surface area contributed by atoms with Gasteiger partial charge in [-0.15, -0.1) is 10.2 Å². The first kappa shape index (κ1) is 19.4. The van der Waals surface area contributed by atoms with Crippen LogP contribution >= 0.6 is 27.7 Å². The van der Waals surface area contributed by atoms with Gasteiger partial charge in [-0.1, -0.05) is 52.0 Å². The normalized spacial score (nSPS) is 10.6. The van der Waals surface area contributed by atoms with E-state index in [-0.39, 0.29) is 11.7 Å². The van der Waals surface area contributed by atoms with Crippen LogP contribution in [0.2, 0.25) is 0 Å². The molecule has 1 amide bonds. The minimum atomic E-state index is -0.0342. The van der Waals surface area contributed by atoms with Crippen LogP contribution in [0.3, 0.4) is 0 Å². The molecule has 0 N–H and O–H groups in total. The lowest BCUT2D eigenvalue weighted by atomic mass is 10.2. The van der Waals surface area contributed by atoms with Gasteiger partial charge in [0.15, 0.2) is 0 Å². The minimum Gasteiger partial charge on any atom is -0.496 e. The highest BCUT2D eigenvalue weighted by molar-refractivity contribution is 9.10. The Labute approximate surface area is 170 Å². The Morgan fingerprint density at radius 3 is 2.81 bits per heavy atom. The molecular formula is C19H18BrN3O3S. The van der Waals surface area contributed by atoms with E-state index in [2.05, 4.69) is 26.1 Å². The maximum atomic E-state index is 12.4. The van der Waals surface area contributed by atoms with E-state index in [1.165, 1.54) is 11.8 Å². The number of methoxy groups -OCH3 is 1. The lowest BCUT2D eigenvalue weighted by Crippen LogP contribution is -2.28. The average molecular weight is 448 g/mol. The van der Waals surface area contributed by atoms with Crippen LogP contribution < -0.4 is 4.74 Å². The summed E-state index contributed by atoms with van der Waals surface area (Å²) in [5, 5.41) is 8.41. The molecule has 0 spiro atoms. The Kier molecular flexibility index (Phi) is 6.52. The van der Waals surface area contributed by atoms with Crippen molar-refractivity contribution < 1.29 is 13.9 Å². The van der Waals surface area contributed by atoms with Crippen molar-refractivity contribution in [3.8, 4) is 17.2 Å².